The van der Waals surface area contributed by atoms with Crippen molar-refractivity contribution in [2.45, 2.75) is 19.4 Å². The number of nitrogens with zero attached hydrogens (tertiary/aromatic N) is 2. The van der Waals surface area contributed by atoms with E-state index < -0.39 is 11.9 Å². The monoisotopic (exact) mass is 290 g/mol. The first-order valence-corrected chi connectivity index (χ1v) is 7.23. The van der Waals surface area contributed by atoms with E-state index in [-0.39, 0.29) is 5.91 Å². The molecule has 1 aliphatic heterocycles. The quantitative estimate of drug-likeness (QED) is 0.916. The maximum atomic E-state index is 12.4. The summed E-state index contributed by atoms with van der Waals surface area (Å²) in [5, 5.41) is 9.09. The van der Waals surface area contributed by atoms with Crippen LogP contribution in [0.1, 0.15) is 28.8 Å². The van der Waals surface area contributed by atoms with E-state index in [0.29, 0.717) is 25.1 Å². The van der Waals surface area contributed by atoms with Crippen molar-refractivity contribution in [3.63, 3.8) is 0 Å². The van der Waals surface area contributed by atoms with Gasteiger partial charge in [-0.25, -0.2) is 0 Å². The number of benzene rings is 1. The van der Waals surface area contributed by atoms with Crippen molar-refractivity contribution in [1.82, 2.24) is 9.80 Å². The first-order valence-electron chi connectivity index (χ1n) is 7.23. The number of hydrogen-bond acceptors (Lipinski definition) is 3. The summed E-state index contributed by atoms with van der Waals surface area (Å²) in [6.45, 7) is 1.79. The van der Waals surface area contributed by atoms with Crippen LogP contribution in [0.4, 0.5) is 0 Å². The lowest BCUT2D eigenvalue weighted by molar-refractivity contribution is -0.143. The lowest BCUT2D eigenvalue weighted by atomic mass is 9.97. The van der Waals surface area contributed by atoms with Crippen molar-refractivity contribution < 1.29 is 14.7 Å². The number of piperidine rings is 1. The number of carboxylic acids is 1. The molecule has 1 amide bonds. The Morgan fingerprint density at radius 1 is 1.29 bits per heavy atom. The third kappa shape index (κ3) is 4.04. The van der Waals surface area contributed by atoms with Crippen LogP contribution in [0.2, 0.25) is 0 Å². The van der Waals surface area contributed by atoms with Gasteiger partial charge in [0.25, 0.3) is 5.91 Å². The molecule has 1 N–H and O–H groups in total. The fraction of sp³-hybridized carbons (Fsp3) is 0.500. The Balaban J connectivity index is 2.03. The molecule has 0 saturated carbocycles. The van der Waals surface area contributed by atoms with E-state index in [1.807, 2.05) is 38.4 Å². The second-order valence-electron chi connectivity index (χ2n) is 5.86. The SMILES string of the molecule is CN(C)Cc1ccc(C(=O)N2CCC[C@H](C(=O)O)C2)cc1. The third-order valence-corrected chi connectivity index (χ3v) is 3.76. The van der Waals surface area contributed by atoms with Gasteiger partial charge in [-0.15, -0.1) is 0 Å². The van der Waals surface area contributed by atoms with Crippen LogP contribution in [0.3, 0.4) is 0 Å². The molecule has 21 heavy (non-hydrogen) atoms. The summed E-state index contributed by atoms with van der Waals surface area (Å²) < 4.78 is 0. The zero-order valence-corrected chi connectivity index (χ0v) is 12.6. The van der Waals surface area contributed by atoms with Crippen LogP contribution < -0.4 is 0 Å². The maximum absolute atomic E-state index is 12.4. The lowest BCUT2D eigenvalue weighted by Gasteiger charge is -2.30. The van der Waals surface area contributed by atoms with Gasteiger partial charge in [0, 0.05) is 25.2 Å². The molecule has 114 valence electrons. The average Bonchev–Trinajstić information content (AvgIpc) is 2.47. The summed E-state index contributed by atoms with van der Waals surface area (Å²) >= 11 is 0. The van der Waals surface area contributed by atoms with Crippen molar-refractivity contribution in [1.29, 1.82) is 0 Å². The molecular weight excluding hydrogens is 268 g/mol. The number of amides is 1. The van der Waals surface area contributed by atoms with Gasteiger partial charge in [-0.05, 0) is 44.6 Å². The van der Waals surface area contributed by atoms with Gasteiger partial charge < -0.3 is 14.9 Å². The highest BCUT2D eigenvalue weighted by Gasteiger charge is 2.28. The molecule has 1 saturated heterocycles. The molecule has 0 spiro atoms. The number of carbonyl (C=O) groups is 2. The standard InChI is InChI=1S/C16H22N2O3/c1-17(2)10-12-5-7-13(8-6-12)15(19)18-9-3-4-14(11-18)16(20)21/h5-8,14H,3-4,9-11H2,1-2H3,(H,20,21)/t14-/m0/s1. The lowest BCUT2D eigenvalue weighted by Crippen LogP contribution is -2.42. The van der Waals surface area contributed by atoms with Crippen LogP contribution in [-0.4, -0.2) is 54.0 Å². The van der Waals surface area contributed by atoms with Gasteiger partial charge in [0.15, 0.2) is 0 Å². The van der Waals surface area contributed by atoms with E-state index in [0.717, 1.165) is 18.5 Å². The highest BCUT2D eigenvalue weighted by atomic mass is 16.4. The van der Waals surface area contributed by atoms with E-state index in [1.54, 1.807) is 4.90 Å². The number of rotatable bonds is 4. The Bertz CT molecular complexity index is 511. The Morgan fingerprint density at radius 2 is 1.95 bits per heavy atom. The largest absolute Gasteiger partial charge is 0.481 e. The number of aliphatic carboxylic acids is 1. The van der Waals surface area contributed by atoms with E-state index in [9.17, 15) is 9.59 Å². The molecule has 1 aromatic carbocycles. The molecule has 0 aliphatic carbocycles. The molecule has 5 nitrogen and oxygen atoms in total. The Morgan fingerprint density at radius 3 is 2.52 bits per heavy atom. The second-order valence-corrected chi connectivity index (χ2v) is 5.86. The molecule has 1 atom stereocenters. The van der Waals surface area contributed by atoms with E-state index >= 15 is 0 Å². The number of hydrogen-bond donors (Lipinski definition) is 1. The fourth-order valence-electron chi connectivity index (χ4n) is 2.66. The van der Waals surface area contributed by atoms with Crippen LogP contribution in [0.25, 0.3) is 0 Å². The smallest absolute Gasteiger partial charge is 0.308 e. The Hall–Kier alpha value is -1.88. The van der Waals surface area contributed by atoms with Crippen LogP contribution in [0.15, 0.2) is 24.3 Å². The molecule has 1 aromatic rings. The summed E-state index contributed by atoms with van der Waals surface area (Å²) in [5.41, 5.74) is 1.78. The van der Waals surface area contributed by atoms with Crippen molar-refractivity contribution in [2.24, 2.45) is 5.92 Å². The van der Waals surface area contributed by atoms with Gasteiger partial charge in [-0.1, -0.05) is 12.1 Å². The third-order valence-electron chi connectivity index (χ3n) is 3.76. The van der Waals surface area contributed by atoms with Gasteiger partial charge in [0.05, 0.1) is 5.92 Å². The molecule has 1 heterocycles. The van der Waals surface area contributed by atoms with E-state index in [1.165, 1.54) is 0 Å². The van der Waals surface area contributed by atoms with Gasteiger partial charge in [-0.2, -0.15) is 0 Å². The molecule has 2 rings (SSSR count). The fourth-order valence-corrected chi connectivity index (χ4v) is 2.66. The zero-order valence-electron chi connectivity index (χ0n) is 12.6. The molecule has 1 fully saturated rings. The van der Waals surface area contributed by atoms with Crippen molar-refractivity contribution in [2.75, 3.05) is 27.2 Å². The minimum atomic E-state index is -0.811. The van der Waals surface area contributed by atoms with Gasteiger partial charge in [-0.3, -0.25) is 9.59 Å². The van der Waals surface area contributed by atoms with Gasteiger partial charge >= 0.3 is 5.97 Å². The molecule has 0 aromatic heterocycles. The van der Waals surface area contributed by atoms with Crippen LogP contribution in [-0.2, 0) is 11.3 Å². The predicted octanol–water partition coefficient (Wildman–Crippen LogP) is 1.68. The van der Waals surface area contributed by atoms with Crippen LogP contribution in [0, 0.1) is 5.92 Å². The first-order chi connectivity index (χ1) is 9.97. The number of likely N-dealkylation sites (tertiary alicyclic amines) is 1. The molecule has 0 bridgehead atoms. The molecule has 0 radical (unpaired) electrons. The summed E-state index contributed by atoms with van der Waals surface area (Å²) in [7, 11) is 4.00. The Labute approximate surface area is 125 Å². The summed E-state index contributed by atoms with van der Waals surface area (Å²) in [5.74, 6) is -1.32. The highest BCUT2D eigenvalue weighted by molar-refractivity contribution is 5.94. The topological polar surface area (TPSA) is 60.9 Å². The van der Waals surface area contributed by atoms with Crippen LogP contribution >= 0.6 is 0 Å². The normalized spacial score (nSPS) is 18.8. The summed E-state index contributed by atoms with van der Waals surface area (Å²) in [6.07, 6.45) is 1.41. The Kier molecular flexibility index (Phi) is 4.96. The van der Waals surface area contributed by atoms with Gasteiger partial charge in [0.1, 0.15) is 0 Å². The number of carboxylic acid groups (broad SMARTS) is 1. The predicted molar refractivity (Wildman–Crippen MR) is 80.1 cm³/mol. The highest BCUT2D eigenvalue weighted by Crippen LogP contribution is 2.19. The van der Waals surface area contributed by atoms with Crippen molar-refractivity contribution in [3.05, 3.63) is 35.4 Å². The summed E-state index contributed by atoms with van der Waals surface area (Å²) in [4.78, 5) is 27.2. The minimum absolute atomic E-state index is 0.0719. The molecule has 5 heteroatoms. The van der Waals surface area contributed by atoms with Crippen LogP contribution in [0.5, 0.6) is 0 Å². The maximum Gasteiger partial charge on any atom is 0.308 e. The minimum Gasteiger partial charge on any atom is -0.481 e. The van der Waals surface area contributed by atoms with E-state index in [4.69, 9.17) is 5.11 Å². The molecule has 0 unspecified atom stereocenters. The number of carbonyl (C=O) groups excluding carboxylic acids is 1. The molecular formula is C16H22N2O3. The first kappa shape index (κ1) is 15.5. The second kappa shape index (κ2) is 6.72. The molecule has 1 aliphatic rings. The van der Waals surface area contributed by atoms with Crippen molar-refractivity contribution >= 4 is 11.9 Å². The average molecular weight is 290 g/mol. The van der Waals surface area contributed by atoms with Gasteiger partial charge in [0.2, 0.25) is 0 Å². The van der Waals surface area contributed by atoms with E-state index in [2.05, 4.69) is 4.90 Å². The summed E-state index contributed by atoms with van der Waals surface area (Å²) in [6, 6.07) is 7.55. The zero-order chi connectivity index (χ0) is 15.4. The van der Waals surface area contributed by atoms with Crippen molar-refractivity contribution in [3.8, 4) is 0 Å².